The zero-order valence-corrected chi connectivity index (χ0v) is 26.4. The number of fused-ring (bicyclic) bond motifs is 1. The summed E-state index contributed by atoms with van der Waals surface area (Å²) < 4.78 is 19.3. The summed E-state index contributed by atoms with van der Waals surface area (Å²) in [6, 6.07) is 19.3. The molecule has 1 aliphatic heterocycles. The molecule has 7 nitrogen and oxygen atoms in total. The Kier molecular flexibility index (Phi) is 9.40. The second-order valence-electron chi connectivity index (χ2n) is 10.1. The van der Waals surface area contributed by atoms with Crippen LogP contribution < -0.4 is 24.4 Å². The highest BCUT2D eigenvalue weighted by molar-refractivity contribution is 7.07. The molecule has 0 amide bonds. The van der Waals surface area contributed by atoms with Crippen molar-refractivity contribution >= 4 is 46.6 Å². The molecule has 0 aliphatic carbocycles. The minimum atomic E-state index is -0.738. The number of esters is 1. The van der Waals surface area contributed by atoms with Crippen molar-refractivity contribution in [1.82, 2.24) is 4.57 Å². The normalized spacial score (nSPS) is 14.9. The first kappa shape index (κ1) is 30.6. The number of thiazole rings is 1. The number of carbonyl (C=O) groups is 1. The third kappa shape index (κ3) is 6.88. The van der Waals surface area contributed by atoms with Crippen molar-refractivity contribution in [3.63, 3.8) is 0 Å². The van der Waals surface area contributed by atoms with Gasteiger partial charge in [-0.15, -0.1) is 0 Å². The molecule has 0 saturated carbocycles. The van der Waals surface area contributed by atoms with Gasteiger partial charge in [-0.25, -0.2) is 9.79 Å². The average Bonchev–Trinajstić information content (AvgIpc) is 3.26. The number of nitrogens with zero attached hydrogens (tertiary/aromatic N) is 2. The number of benzene rings is 3. The maximum Gasteiger partial charge on any atom is 0.338 e. The van der Waals surface area contributed by atoms with Crippen molar-refractivity contribution in [2.75, 3.05) is 6.61 Å². The highest BCUT2D eigenvalue weighted by Gasteiger charge is 2.33. The van der Waals surface area contributed by atoms with Gasteiger partial charge in [0.25, 0.3) is 5.56 Å². The van der Waals surface area contributed by atoms with Crippen molar-refractivity contribution < 1.29 is 19.0 Å². The van der Waals surface area contributed by atoms with Gasteiger partial charge in [0.2, 0.25) is 0 Å². The van der Waals surface area contributed by atoms with Crippen LogP contribution in [0.15, 0.2) is 87.8 Å². The van der Waals surface area contributed by atoms with Gasteiger partial charge in [-0.3, -0.25) is 9.36 Å². The number of ether oxygens (including phenoxy) is 3. The molecule has 0 bridgehead atoms. The third-order valence-electron chi connectivity index (χ3n) is 6.63. The Morgan fingerprint density at radius 3 is 2.49 bits per heavy atom. The first-order chi connectivity index (χ1) is 20.6. The molecule has 0 unspecified atom stereocenters. The van der Waals surface area contributed by atoms with Crippen LogP contribution in [0.5, 0.6) is 11.5 Å². The van der Waals surface area contributed by atoms with Gasteiger partial charge in [0.05, 0.1) is 34.6 Å². The fourth-order valence-electron chi connectivity index (χ4n) is 4.78. The molecule has 1 aliphatic rings. The van der Waals surface area contributed by atoms with Crippen LogP contribution in [0.25, 0.3) is 6.08 Å². The summed E-state index contributed by atoms with van der Waals surface area (Å²) in [5, 5.41) is 1.11. The zero-order valence-electron chi connectivity index (χ0n) is 24.1. The number of allylic oxidation sites excluding steroid dienone is 1. The molecule has 222 valence electrons. The summed E-state index contributed by atoms with van der Waals surface area (Å²) in [4.78, 5) is 32.6. The van der Waals surface area contributed by atoms with E-state index < -0.39 is 12.0 Å². The van der Waals surface area contributed by atoms with E-state index >= 15 is 0 Å². The monoisotopic (exact) mass is 636 g/mol. The van der Waals surface area contributed by atoms with Gasteiger partial charge < -0.3 is 14.2 Å². The van der Waals surface area contributed by atoms with Gasteiger partial charge in [-0.1, -0.05) is 58.8 Å². The number of hydrogen-bond donors (Lipinski definition) is 0. The maximum atomic E-state index is 14.1. The van der Waals surface area contributed by atoms with Gasteiger partial charge >= 0.3 is 5.97 Å². The molecule has 0 spiro atoms. The predicted molar refractivity (Wildman–Crippen MR) is 170 cm³/mol. The van der Waals surface area contributed by atoms with E-state index in [1.54, 1.807) is 55.7 Å². The minimum Gasteiger partial charge on any atom is -0.494 e. The Hall–Kier alpha value is -3.85. The van der Waals surface area contributed by atoms with Crippen LogP contribution in [0.1, 0.15) is 50.4 Å². The number of aromatic nitrogens is 1. The van der Waals surface area contributed by atoms with Gasteiger partial charge in [0, 0.05) is 15.6 Å². The maximum absolute atomic E-state index is 14.1. The second kappa shape index (κ2) is 13.2. The summed E-state index contributed by atoms with van der Waals surface area (Å²) in [5.74, 6) is 0.725. The van der Waals surface area contributed by atoms with Crippen LogP contribution in [0, 0.1) is 0 Å². The SMILES string of the molecule is CCOc1ccc([C@@H]2C(C(=O)OC(C)C)=C(C)N=c3s/c(=C/c4cc(Cl)ccc4OCc4cccc(Cl)c4)c(=O)n32)cc1. The van der Waals surface area contributed by atoms with Gasteiger partial charge in [-0.05, 0) is 87.4 Å². The molecule has 4 aromatic rings. The van der Waals surface area contributed by atoms with Crippen LogP contribution in [0.4, 0.5) is 0 Å². The molecule has 0 radical (unpaired) electrons. The number of carbonyl (C=O) groups excluding carboxylic acids is 1. The predicted octanol–water partition coefficient (Wildman–Crippen LogP) is 6.47. The summed E-state index contributed by atoms with van der Waals surface area (Å²) in [6.45, 7) is 8.04. The lowest BCUT2D eigenvalue weighted by Gasteiger charge is -2.25. The van der Waals surface area contributed by atoms with Crippen LogP contribution >= 0.6 is 34.5 Å². The molecule has 43 heavy (non-hydrogen) atoms. The molecular formula is C33H30Cl2N2O5S. The van der Waals surface area contributed by atoms with Crippen molar-refractivity contribution in [3.05, 3.63) is 124 Å². The van der Waals surface area contributed by atoms with E-state index in [2.05, 4.69) is 4.99 Å². The first-order valence-electron chi connectivity index (χ1n) is 13.8. The summed E-state index contributed by atoms with van der Waals surface area (Å²) >= 11 is 13.7. The second-order valence-corrected chi connectivity index (χ2v) is 12.0. The summed E-state index contributed by atoms with van der Waals surface area (Å²) in [6.07, 6.45) is 1.40. The van der Waals surface area contributed by atoms with Crippen LogP contribution in [-0.2, 0) is 16.1 Å². The van der Waals surface area contributed by atoms with E-state index in [1.165, 1.54) is 11.3 Å². The highest BCUT2D eigenvalue weighted by Crippen LogP contribution is 2.32. The van der Waals surface area contributed by atoms with Crippen molar-refractivity contribution in [3.8, 4) is 11.5 Å². The van der Waals surface area contributed by atoms with Crippen molar-refractivity contribution in [2.45, 2.75) is 46.4 Å². The van der Waals surface area contributed by atoms with Crippen LogP contribution in [0.2, 0.25) is 10.0 Å². The van der Waals surface area contributed by atoms with Gasteiger partial charge in [0.15, 0.2) is 4.80 Å². The van der Waals surface area contributed by atoms with Gasteiger partial charge in [-0.2, -0.15) is 0 Å². The van der Waals surface area contributed by atoms with E-state index in [-0.39, 0.29) is 18.3 Å². The zero-order chi connectivity index (χ0) is 30.7. The fourth-order valence-corrected chi connectivity index (χ4v) is 6.21. The average molecular weight is 638 g/mol. The topological polar surface area (TPSA) is 79.1 Å². The molecule has 0 fully saturated rings. The highest BCUT2D eigenvalue weighted by atomic mass is 35.5. The molecule has 1 atom stereocenters. The standard InChI is InChI=1S/C33H30Cl2N2O5S/c1-5-40-26-12-9-22(10-13-26)30-29(32(39)42-19(2)3)20(4)36-33-37(30)31(38)28(43-33)17-23-16-25(35)11-14-27(23)41-18-21-7-6-8-24(34)15-21/h6-17,19,30H,5,18H2,1-4H3/b28-17+/t30-/m1/s1. The first-order valence-corrected chi connectivity index (χ1v) is 15.3. The molecule has 0 saturated heterocycles. The lowest BCUT2D eigenvalue weighted by molar-refractivity contribution is -0.143. The molecule has 2 heterocycles. The minimum absolute atomic E-state index is 0.280. The fraction of sp³-hybridized carbons (Fsp3) is 0.242. The van der Waals surface area contributed by atoms with E-state index in [0.29, 0.717) is 54.3 Å². The molecule has 3 aromatic carbocycles. The Labute approximate surface area is 263 Å². The summed E-state index contributed by atoms with van der Waals surface area (Å²) in [7, 11) is 0. The number of halogens is 2. The lowest BCUT2D eigenvalue weighted by atomic mass is 9.96. The Morgan fingerprint density at radius 1 is 1.05 bits per heavy atom. The quantitative estimate of drug-likeness (QED) is 0.197. The number of rotatable bonds is 9. The van der Waals surface area contributed by atoms with E-state index in [4.69, 9.17) is 37.4 Å². The Morgan fingerprint density at radius 2 is 1.79 bits per heavy atom. The summed E-state index contributed by atoms with van der Waals surface area (Å²) in [5.41, 5.74) is 2.77. The van der Waals surface area contributed by atoms with Crippen molar-refractivity contribution in [1.29, 1.82) is 0 Å². The Balaban J connectivity index is 1.61. The molecule has 10 heteroatoms. The van der Waals surface area contributed by atoms with Gasteiger partial charge in [0.1, 0.15) is 18.1 Å². The van der Waals surface area contributed by atoms with E-state index in [9.17, 15) is 9.59 Å². The molecule has 5 rings (SSSR count). The Bertz CT molecular complexity index is 1880. The van der Waals surface area contributed by atoms with Crippen LogP contribution in [-0.4, -0.2) is 23.2 Å². The molecule has 1 aromatic heterocycles. The third-order valence-corrected chi connectivity index (χ3v) is 8.09. The smallest absolute Gasteiger partial charge is 0.338 e. The van der Waals surface area contributed by atoms with Crippen LogP contribution in [0.3, 0.4) is 0 Å². The largest absolute Gasteiger partial charge is 0.494 e. The van der Waals surface area contributed by atoms with E-state index in [1.807, 2.05) is 49.4 Å². The molecular weight excluding hydrogens is 607 g/mol. The van der Waals surface area contributed by atoms with Crippen molar-refractivity contribution in [2.24, 2.45) is 4.99 Å². The van der Waals surface area contributed by atoms with E-state index in [0.717, 1.165) is 11.1 Å². The number of hydrogen-bond acceptors (Lipinski definition) is 7. The lowest BCUT2D eigenvalue weighted by Crippen LogP contribution is -2.40. The molecule has 0 N–H and O–H groups in total.